The third kappa shape index (κ3) is 3.96. The van der Waals surface area contributed by atoms with E-state index in [1.165, 1.54) is 34.2 Å². The third-order valence-electron chi connectivity index (χ3n) is 4.75. The van der Waals surface area contributed by atoms with Gasteiger partial charge in [-0.3, -0.25) is 9.59 Å². The second-order valence-corrected chi connectivity index (χ2v) is 7.48. The lowest BCUT2D eigenvalue weighted by Crippen LogP contribution is -2.50. The topological polar surface area (TPSA) is 58.4 Å². The van der Waals surface area contributed by atoms with E-state index < -0.39 is 0 Å². The first-order valence-electron chi connectivity index (χ1n) is 9.00. The number of amides is 1. The first-order chi connectivity index (χ1) is 13.6. The highest BCUT2D eigenvalue weighted by molar-refractivity contribution is 7.13. The summed E-state index contributed by atoms with van der Waals surface area (Å²) in [6.07, 6.45) is 0. The average molecular weight is 398 g/mol. The largest absolute Gasteiger partial charge is 0.368 e. The van der Waals surface area contributed by atoms with Crippen LogP contribution in [0.5, 0.6) is 0 Å². The van der Waals surface area contributed by atoms with Crippen LogP contribution in [0.4, 0.5) is 10.1 Å². The molecule has 1 amide bonds. The Labute approximate surface area is 165 Å². The van der Waals surface area contributed by atoms with Crippen LogP contribution in [0.15, 0.2) is 58.7 Å². The Morgan fingerprint density at radius 1 is 1.04 bits per heavy atom. The molecule has 2 aromatic heterocycles. The number of thiophene rings is 1. The van der Waals surface area contributed by atoms with Crippen molar-refractivity contribution in [1.29, 1.82) is 0 Å². The van der Waals surface area contributed by atoms with Crippen LogP contribution < -0.4 is 10.5 Å². The van der Waals surface area contributed by atoms with Crippen molar-refractivity contribution in [2.24, 2.45) is 0 Å². The molecule has 0 bridgehead atoms. The van der Waals surface area contributed by atoms with E-state index in [9.17, 15) is 14.0 Å². The zero-order valence-corrected chi connectivity index (χ0v) is 15.9. The molecule has 0 saturated carbocycles. The summed E-state index contributed by atoms with van der Waals surface area (Å²) >= 11 is 1.53. The minimum absolute atomic E-state index is 0.0748. The van der Waals surface area contributed by atoms with Crippen LogP contribution in [0.3, 0.4) is 0 Å². The van der Waals surface area contributed by atoms with Gasteiger partial charge in [0.25, 0.3) is 5.56 Å². The predicted molar refractivity (Wildman–Crippen MR) is 107 cm³/mol. The number of piperazine rings is 1. The lowest BCUT2D eigenvalue weighted by molar-refractivity contribution is -0.132. The third-order valence-corrected chi connectivity index (χ3v) is 5.64. The first-order valence-corrected chi connectivity index (χ1v) is 9.88. The number of hydrogen-bond acceptors (Lipinski definition) is 5. The van der Waals surface area contributed by atoms with Crippen LogP contribution >= 0.6 is 11.3 Å². The summed E-state index contributed by atoms with van der Waals surface area (Å²) in [6, 6.07) is 13.3. The van der Waals surface area contributed by atoms with E-state index >= 15 is 0 Å². The molecule has 1 aliphatic rings. The fraction of sp³-hybridized carbons (Fsp3) is 0.250. The number of aromatic nitrogens is 2. The zero-order chi connectivity index (χ0) is 19.5. The van der Waals surface area contributed by atoms with Crippen LogP contribution in [-0.2, 0) is 11.3 Å². The van der Waals surface area contributed by atoms with Crippen molar-refractivity contribution in [3.05, 3.63) is 70.1 Å². The summed E-state index contributed by atoms with van der Waals surface area (Å²) in [5, 5.41) is 6.28. The van der Waals surface area contributed by atoms with Crippen molar-refractivity contribution in [1.82, 2.24) is 14.7 Å². The summed E-state index contributed by atoms with van der Waals surface area (Å²) in [5.41, 5.74) is 1.33. The molecule has 144 valence electrons. The van der Waals surface area contributed by atoms with Gasteiger partial charge in [0.1, 0.15) is 18.1 Å². The van der Waals surface area contributed by atoms with Crippen molar-refractivity contribution in [3.63, 3.8) is 0 Å². The molecule has 0 radical (unpaired) electrons. The Bertz CT molecular complexity index is 1010. The Kier molecular flexibility index (Phi) is 5.21. The molecule has 0 unspecified atom stereocenters. The van der Waals surface area contributed by atoms with Gasteiger partial charge >= 0.3 is 0 Å². The maximum absolute atomic E-state index is 13.1. The van der Waals surface area contributed by atoms with Crippen LogP contribution in [0.1, 0.15) is 0 Å². The maximum atomic E-state index is 13.1. The number of benzene rings is 1. The minimum Gasteiger partial charge on any atom is -0.368 e. The minimum atomic E-state index is -0.293. The molecular formula is C20H19FN4O2S. The number of anilines is 1. The van der Waals surface area contributed by atoms with Gasteiger partial charge in [-0.2, -0.15) is 5.10 Å². The fourth-order valence-corrected chi connectivity index (χ4v) is 3.90. The number of halogens is 1. The van der Waals surface area contributed by atoms with Gasteiger partial charge in [0.05, 0.1) is 4.88 Å². The Morgan fingerprint density at radius 2 is 1.79 bits per heavy atom. The molecule has 3 heterocycles. The second kappa shape index (κ2) is 7.93. The van der Waals surface area contributed by atoms with Gasteiger partial charge in [0, 0.05) is 37.9 Å². The molecule has 0 N–H and O–H groups in total. The Hall–Kier alpha value is -3.00. The second-order valence-electron chi connectivity index (χ2n) is 6.54. The Morgan fingerprint density at radius 3 is 2.46 bits per heavy atom. The fourth-order valence-electron chi connectivity index (χ4n) is 3.21. The van der Waals surface area contributed by atoms with E-state index in [0.29, 0.717) is 31.9 Å². The van der Waals surface area contributed by atoms with Crippen LogP contribution in [0.25, 0.3) is 10.6 Å². The number of carbonyl (C=O) groups is 1. The van der Waals surface area contributed by atoms with Crippen molar-refractivity contribution < 1.29 is 9.18 Å². The molecule has 1 saturated heterocycles. The van der Waals surface area contributed by atoms with Gasteiger partial charge in [-0.15, -0.1) is 11.3 Å². The SMILES string of the molecule is O=C(Cn1nc(-c2cccs2)ccc1=O)N1CCN(c2ccc(F)cc2)CC1. The summed E-state index contributed by atoms with van der Waals surface area (Å²) in [6.45, 7) is 2.35. The average Bonchev–Trinajstić information content (AvgIpc) is 3.25. The van der Waals surface area contributed by atoms with Gasteiger partial charge in [-0.1, -0.05) is 6.07 Å². The van der Waals surface area contributed by atoms with Crippen molar-refractivity contribution in [2.75, 3.05) is 31.1 Å². The highest BCUT2D eigenvalue weighted by atomic mass is 32.1. The van der Waals surface area contributed by atoms with Crippen molar-refractivity contribution in [3.8, 4) is 10.6 Å². The van der Waals surface area contributed by atoms with E-state index in [2.05, 4.69) is 10.00 Å². The zero-order valence-electron chi connectivity index (χ0n) is 15.1. The molecule has 0 spiro atoms. The first kappa shape index (κ1) is 18.4. The van der Waals surface area contributed by atoms with Gasteiger partial charge in [-0.25, -0.2) is 9.07 Å². The highest BCUT2D eigenvalue weighted by Gasteiger charge is 2.22. The standard InChI is InChI=1S/C20H19FN4O2S/c21-15-3-5-16(6-4-15)23-9-11-24(12-10-23)20(27)14-25-19(26)8-7-17(22-25)18-2-1-13-28-18/h1-8,13H,9-12,14H2. The molecule has 28 heavy (non-hydrogen) atoms. The van der Waals surface area contributed by atoms with E-state index in [-0.39, 0.29) is 23.8 Å². The summed E-state index contributed by atoms with van der Waals surface area (Å²) < 4.78 is 14.3. The molecule has 8 heteroatoms. The van der Waals surface area contributed by atoms with Crippen LogP contribution in [0.2, 0.25) is 0 Å². The molecule has 1 fully saturated rings. The van der Waals surface area contributed by atoms with Crippen molar-refractivity contribution in [2.45, 2.75) is 6.54 Å². The molecule has 0 aliphatic carbocycles. The maximum Gasteiger partial charge on any atom is 0.267 e. The summed E-state index contributed by atoms with van der Waals surface area (Å²) in [7, 11) is 0. The van der Waals surface area contributed by atoms with E-state index in [0.717, 1.165) is 10.6 Å². The monoisotopic (exact) mass is 398 g/mol. The Balaban J connectivity index is 1.40. The molecular weight excluding hydrogens is 379 g/mol. The lowest BCUT2D eigenvalue weighted by atomic mass is 10.2. The van der Waals surface area contributed by atoms with Gasteiger partial charge in [0.2, 0.25) is 5.91 Å². The molecule has 1 aromatic carbocycles. The lowest BCUT2D eigenvalue weighted by Gasteiger charge is -2.36. The highest BCUT2D eigenvalue weighted by Crippen LogP contribution is 2.21. The molecule has 0 atom stereocenters. The van der Waals surface area contributed by atoms with E-state index in [1.54, 1.807) is 23.1 Å². The summed E-state index contributed by atoms with van der Waals surface area (Å²) in [5.74, 6) is -0.392. The molecule has 3 aromatic rings. The van der Waals surface area contributed by atoms with Crippen LogP contribution in [-0.4, -0.2) is 46.8 Å². The molecule has 6 nitrogen and oxygen atoms in total. The van der Waals surface area contributed by atoms with Crippen LogP contribution in [0, 0.1) is 5.82 Å². The normalized spacial score (nSPS) is 14.3. The van der Waals surface area contributed by atoms with E-state index in [1.807, 2.05) is 17.5 Å². The molecule has 1 aliphatic heterocycles. The number of hydrogen-bond donors (Lipinski definition) is 0. The van der Waals surface area contributed by atoms with Gasteiger partial charge in [0.15, 0.2) is 0 Å². The van der Waals surface area contributed by atoms with E-state index in [4.69, 9.17) is 0 Å². The van der Waals surface area contributed by atoms with Crippen molar-refractivity contribution >= 4 is 22.9 Å². The summed E-state index contributed by atoms with van der Waals surface area (Å²) in [4.78, 5) is 29.6. The quantitative estimate of drug-likeness (QED) is 0.678. The van der Waals surface area contributed by atoms with Gasteiger partial charge in [-0.05, 0) is 41.8 Å². The number of carbonyl (C=O) groups excluding carboxylic acids is 1. The number of nitrogens with zero attached hydrogens (tertiary/aromatic N) is 4. The molecule has 4 rings (SSSR count). The predicted octanol–water partition coefficient (Wildman–Crippen LogP) is 2.46. The smallest absolute Gasteiger partial charge is 0.267 e. The number of rotatable bonds is 4. The van der Waals surface area contributed by atoms with Gasteiger partial charge < -0.3 is 9.80 Å².